The lowest BCUT2D eigenvalue weighted by Gasteiger charge is -2.35. The quantitative estimate of drug-likeness (QED) is 0.876. The molecule has 4 rings (SSSR count). The number of nitrogens with zero attached hydrogens (tertiary/aromatic N) is 3. The molecule has 1 unspecified atom stereocenters. The highest BCUT2D eigenvalue weighted by Crippen LogP contribution is 2.17. The van der Waals surface area contributed by atoms with Crippen LogP contribution in [0.25, 0.3) is 10.9 Å². The maximum absolute atomic E-state index is 12.4. The fourth-order valence-corrected chi connectivity index (χ4v) is 3.72. The Labute approximate surface area is 155 Å². The molecule has 2 aromatic rings. The molecule has 0 aliphatic carbocycles. The second kappa shape index (κ2) is 7.34. The van der Waals surface area contributed by atoms with E-state index in [9.17, 15) is 9.59 Å². The molecular formula is C18H21ClN4O3. The first-order valence-electron chi connectivity index (χ1n) is 8.91. The van der Waals surface area contributed by atoms with Crippen molar-refractivity contribution >= 4 is 28.4 Å². The van der Waals surface area contributed by atoms with Crippen LogP contribution in [-0.2, 0) is 16.1 Å². The van der Waals surface area contributed by atoms with Gasteiger partial charge >= 0.3 is 0 Å². The predicted octanol–water partition coefficient (Wildman–Crippen LogP) is 1.40. The Kier molecular flexibility index (Phi) is 4.93. The van der Waals surface area contributed by atoms with E-state index in [0.29, 0.717) is 48.0 Å². The lowest BCUT2D eigenvalue weighted by molar-refractivity contribution is -0.142. The summed E-state index contributed by atoms with van der Waals surface area (Å²) >= 11 is 5.94. The maximum Gasteiger partial charge on any atom is 0.258 e. The third-order valence-corrected chi connectivity index (χ3v) is 5.21. The monoisotopic (exact) mass is 376 g/mol. The number of carbonyl (C=O) groups excluding carboxylic acids is 1. The number of rotatable bonds is 3. The van der Waals surface area contributed by atoms with Crippen molar-refractivity contribution in [2.24, 2.45) is 0 Å². The van der Waals surface area contributed by atoms with Crippen molar-refractivity contribution in [1.82, 2.24) is 19.8 Å². The van der Waals surface area contributed by atoms with Crippen LogP contribution in [0.3, 0.4) is 0 Å². The van der Waals surface area contributed by atoms with E-state index < -0.39 is 0 Å². The Morgan fingerprint density at radius 2 is 2.12 bits per heavy atom. The molecule has 1 N–H and O–H groups in total. The maximum atomic E-state index is 12.4. The predicted molar refractivity (Wildman–Crippen MR) is 98.2 cm³/mol. The molecule has 1 aromatic carbocycles. The number of fused-ring (bicyclic) bond motifs is 1. The van der Waals surface area contributed by atoms with Crippen molar-refractivity contribution in [1.29, 1.82) is 0 Å². The number of nitrogens with one attached hydrogen (secondary N) is 1. The third kappa shape index (κ3) is 3.60. The number of H-pyrrole nitrogens is 1. The molecule has 0 bridgehead atoms. The van der Waals surface area contributed by atoms with Crippen molar-refractivity contribution in [3.05, 3.63) is 39.4 Å². The average Bonchev–Trinajstić information content (AvgIpc) is 3.17. The number of hydrogen-bond acceptors (Lipinski definition) is 5. The molecule has 0 saturated carbocycles. The van der Waals surface area contributed by atoms with Crippen molar-refractivity contribution in [2.45, 2.75) is 25.5 Å². The highest BCUT2D eigenvalue weighted by Gasteiger charge is 2.30. The van der Waals surface area contributed by atoms with Gasteiger partial charge in [-0.15, -0.1) is 0 Å². The fourth-order valence-electron chi connectivity index (χ4n) is 3.55. The zero-order valence-electron chi connectivity index (χ0n) is 14.4. The van der Waals surface area contributed by atoms with Gasteiger partial charge in [-0.3, -0.25) is 14.5 Å². The molecule has 7 nitrogen and oxygen atoms in total. The van der Waals surface area contributed by atoms with Crippen LogP contribution in [-0.4, -0.2) is 64.6 Å². The summed E-state index contributed by atoms with van der Waals surface area (Å²) in [6.07, 6.45) is 1.53. The van der Waals surface area contributed by atoms with Gasteiger partial charge in [0.25, 0.3) is 11.5 Å². The van der Waals surface area contributed by atoms with Crippen molar-refractivity contribution in [3.63, 3.8) is 0 Å². The van der Waals surface area contributed by atoms with Crippen LogP contribution in [0.2, 0.25) is 5.02 Å². The molecule has 1 aromatic heterocycles. The van der Waals surface area contributed by atoms with Gasteiger partial charge in [0.1, 0.15) is 11.9 Å². The van der Waals surface area contributed by atoms with Crippen LogP contribution in [0.4, 0.5) is 0 Å². The molecule has 0 radical (unpaired) electrons. The average molecular weight is 377 g/mol. The van der Waals surface area contributed by atoms with Crippen molar-refractivity contribution < 1.29 is 9.53 Å². The molecule has 1 atom stereocenters. The largest absolute Gasteiger partial charge is 0.368 e. The van der Waals surface area contributed by atoms with E-state index >= 15 is 0 Å². The van der Waals surface area contributed by atoms with Crippen LogP contribution in [0.1, 0.15) is 18.7 Å². The zero-order valence-corrected chi connectivity index (χ0v) is 15.2. The van der Waals surface area contributed by atoms with Gasteiger partial charge in [0.15, 0.2) is 0 Å². The number of carbonyl (C=O) groups is 1. The second-order valence-electron chi connectivity index (χ2n) is 6.78. The Morgan fingerprint density at radius 1 is 1.31 bits per heavy atom. The number of benzene rings is 1. The molecule has 1 amide bonds. The number of aromatic nitrogens is 2. The molecule has 2 aliphatic rings. The summed E-state index contributed by atoms with van der Waals surface area (Å²) in [5.74, 6) is 0.736. The fraction of sp³-hybridized carbons (Fsp3) is 0.500. The van der Waals surface area contributed by atoms with Gasteiger partial charge in [-0.1, -0.05) is 11.6 Å². The third-order valence-electron chi connectivity index (χ3n) is 4.98. The van der Waals surface area contributed by atoms with Crippen LogP contribution in [0.5, 0.6) is 0 Å². The molecule has 2 saturated heterocycles. The van der Waals surface area contributed by atoms with Crippen molar-refractivity contribution in [3.8, 4) is 0 Å². The highest BCUT2D eigenvalue weighted by atomic mass is 35.5. The van der Waals surface area contributed by atoms with Gasteiger partial charge in [-0.25, -0.2) is 4.98 Å². The number of ether oxygens (including phenoxy) is 1. The van der Waals surface area contributed by atoms with Crippen LogP contribution < -0.4 is 5.56 Å². The summed E-state index contributed by atoms with van der Waals surface area (Å²) in [5.41, 5.74) is 0.458. The summed E-state index contributed by atoms with van der Waals surface area (Å²) in [4.78, 5) is 36.1. The summed E-state index contributed by atoms with van der Waals surface area (Å²) in [6, 6.07) is 5.12. The normalized spacial score (nSPS) is 21.4. The topological polar surface area (TPSA) is 78.5 Å². The van der Waals surface area contributed by atoms with Gasteiger partial charge < -0.3 is 14.6 Å². The number of aromatic amines is 1. The van der Waals surface area contributed by atoms with Crippen LogP contribution in [0, 0.1) is 0 Å². The first-order chi connectivity index (χ1) is 12.6. The standard InChI is InChI=1S/C18H21ClN4O3/c19-12-3-4-14-13(10-12)17(24)21-16(20-14)11-22-5-7-23(8-6-22)18(25)15-2-1-9-26-15/h3-4,10,15H,1-2,5-9,11H2,(H,20,21,24). The van der Waals surface area contributed by atoms with Gasteiger partial charge in [-0.2, -0.15) is 0 Å². The summed E-state index contributed by atoms with van der Waals surface area (Å²) in [6.45, 7) is 4.08. The van der Waals surface area contributed by atoms with E-state index in [1.165, 1.54) is 0 Å². The molecular weight excluding hydrogens is 356 g/mol. The molecule has 138 valence electrons. The number of amides is 1. The number of hydrogen-bond donors (Lipinski definition) is 1. The minimum Gasteiger partial charge on any atom is -0.368 e. The highest BCUT2D eigenvalue weighted by molar-refractivity contribution is 6.31. The van der Waals surface area contributed by atoms with Crippen LogP contribution in [0.15, 0.2) is 23.0 Å². The molecule has 26 heavy (non-hydrogen) atoms. The Morgan fingerprint density at radius 3 is 2.85 bits per heavy atom. The lowest BCUT2D eigenvalue weighted by Crippen LogP contribution is -2.51. The molecule has 2 fully saturated rings. The number of halogens is 1. The zero-order chi connectivity index (χ0) is 18.1. The van der Waals surface area contributed by atoms with Crippen LogP contribution >= 0.6 is 11.6 Å². The second-order valence-corrected chi connectivity index (χ2v) is 7.21. The lowest BCUT2D eigenvalue weighted by atomic mass is 10.2. The minimum atomic E-state index is -0.258. The van der Waals surface area contributed by atoms with E-state index in [0.717, 1.165) is 25.9 Å². The number of piperazine rings is 1. The van der Waals surface area contributed by atoms with Gasteiger partial charge in [0, 0.05) is 37.8 Å². The minimum absolute atomic E-state index is 0.108. The van der Waals surface area contributed by atoms with E-state index in [2.05, 4.69) is 14.9 Å². The van der Waals surface area contributed by atoms with Gasteiger partial charge in [-0.05, 0) is 31.0 Å². The first kappa shape index (κ1) is 17.5. The molecule has 3 heterocycles. The van der Waals surface area contributed by atoms with Gasteiger partial charge in [0.2, 0.25) is 0 Å². The van der Waals surface area contributed by atoms with Gasteiger partial charge in [0.05, 0.1) is 17.4 Å². The summed E-state index contributed by atoms with van der Waals surface area (Å²) < 4.78 is 5.49. The Balaban J connectivity index is 1.40. The SMILES string of the molecule is O=C(C1CCCO1)N1CCN(Cc2nc3ccc(Cl)cc3c(=O)[nH]2)CC1. The van der Waals surface area contributed by atoms with Crippen molar-refractivity contribution in [2.75, 3.05) is 32.8 Å². The first-order valence-corrected chi connectivity index (χ1v) is 9.29. The van der Waals surface area contributed by atoms with E-state index in [1.54, 1.807) is 18.2 Å². The van der Waals surface area contributed by atoms with E-state index in [4.69, 9.17) is 16.3 Å². The Hall–Kier alpha value is -1.96. The molecule has 2 aliphatic heterocycles. The molecule has 8 heteroatoms. The van der Waals surface area contributed by atoms with E-state index in [-0.39, 0.29) is 17.6 Å². The summed E-state index contributed by atoms with van der Waals surface area (Å²) in [5, 5.41) is 1.01. The summed E-state index contributed by atoms with van der Waals surface area (Å²) in [7, 11) is 0. The smallest absolute Gasteiger partial charge is 0.258 e. The molecule has 0 spiro atoms. The Bertz CT molecular complexity index is 870. The van der Waals surface area contributed by atoms with E-state index in [1.807, 2.05) is 4.90 Å².